The molecule has 1 aromatic heterocycles. The number of anilines is 2. The first-order chi connectivity index (χ1) is 12.5. The fraction of sp³-hybridized carbons (Fsp3) is 0.500. The second kappa shape index (κ2) is 8.75. The van der Waals surface area contributed by atoms with Crippen LogP contribution in [0.3, 0.4) is 0 Å². The number of benzene rings is 1. The van der Waals surface area contributed by atoms with E-state index in [2.05, 4.69) is 34.4 Å². The Bertz CT molecular complexity index is 792. The highest BCUT2D eigenvalue weighted by Gasteiger charge is 2.26. The molecule has 140 valence electrons. The molecule has 8 heteroatoms. The third-order valence-corrected chi connectivity index (χ3v) is 5.67. The highest BCUT2D eigenvalue weighted by atomic mass is 32.1. The van der Waals surface area contributed by atoms with Crippen LogP contribution in [0.5, 0.6) is 0 Å². The van der Waals surface area contributed by atoms with Crippen LogP contribution in [0.25, 0.3) is 0 Å². The van der Waals surface area contributed by atoms with Crippen molar-refractivity contribution in [1.29, 1.82) is 0 Å². The van der Waals surface area contributed by atoms with Crippen molar-refractivity contribution in [1.82, 2.24) is 14.7 Å². The number of piperidine rings is 1. The zero-order valence-corrected chi connectivity index (χ0v) is 16.7. The summed E-state index contributed by atoms with van der Waals surface area (Å²) in [5.41, 5.74) is 2.22. The predicted octanol–water partition coefficient (Wildman–Crippen LogP) is 3.96. The van der Waals surface area contributed by atoms with Crippen LogP contribution < -0.4 is 5.32 Å². The van der Waals surface area contributed by atoms with Crippen LogP contribution in [0.2, 0.25) is 0 Å². The third-order valence-electron chi connectivity index (χ3n) is 4.45. The fourth-order valence-corrected chi connectivity index (χ4v) is 3.98. The average Bonchev–Trinajstić information content (AvgIpc) is 2.97. The first-order valence-corrected chi connectivity index (χ1v) is 10.1. The van der Waals surface area contributed by atoms with Crippen LogP contribution in [-0.2, 0) is 16.2 Å². The van der Waals surface area contributed by atoms with E-state index in [0.717, 1.165) is 40.7 Å². The summed E-state index contributed by atoms with van der Waals surface area (Å²) in [5, 5.41) is 8.69. The van der Waals surface area contributed by atoms with Crippen LogP contribution in [0.4, 0.5) is 10.8 Å². The van der Waals surface area contributed by atoms with Gasteiger partial charge in [-0.25, -0.2) is 4.68 Å². The summed E-state index contributed by atoms with van der Waals surface area (Å²) in [5.74, 6) is -0.0459. The number of aryl methyl sites for hydroxylation is 1. The number of nitrogens with one attached hydrogen (secondary N) is 1. The monoisotopic (exact) mass is 392 g/mol. The fourth-order valence-electron chi connectivity index (χ4n) is 2.97. The van der Waals surface area contributed by atoms with E-state index in [-0.39, 0.29) is 11.9 Å². The van der Waals surface area contributed by atoms with Crippen molar-refractivity contribution < 1.29 is 9.53 Å². The Morgan fingerprint density at radius 3 is 2.69 bits per heavy atom. The quantitative estimate of drug-likeness (QED) is 0.593. The summed E-state index contributed by atoms with van der Waals surface area (Å²) >= 11 is 6.92. The zero-order chi connectivity index (χ0) is 18.5. The van der Waals surface area contributed by atoms with E-state index in [1.165, 1.54) is 16.9 Å². The molecule has 26 heavy (non-hydrogen) atoms. The summed E-state index contributed by atoms with van der Waals surface area (Å²) in [6, 6.07) is 8.19. The maximum Gasteiger partial charge on any atom is 0.309 e. The van der Waals surface area contributed by atoms with Gasteiger partial charge in [0.25, 0.3) is 0 Å². The Balaban J connectivity index is 1.56. The molecule has 0 atom stereocenters. The van der Waals surface area contributed by atoms with Gasteiger partial charge in [-0.2, -0.15) is 0 Å². The van der Waals surface area contributed by atoms with E-state index in [9.17, 15) is 4.79 Å². The maximum atomic E-state index is 11.8. The van der Waals surface area contributed by atoms with E-state index in [1.807, 2.05) is 23.7 Å². The molecule has 0 unspecified atom stereocenters. The molecule has 1 aromatic carbocycles. The minimum atomic E-state index is -0.0676. The molecule has 0 spiro atoms. The van der Waals surface area contributed by atoms with Gasteiger partial charge in [0.2, 0.25) is 5.13 Å². The van der Waals surface area contributed by atoms with Gasteiger partial charge < -0.3 is 10.1 Å². The summed E-state index contributed by atoms with van der Waals surface area (Å²) in [6.07, 6.45) is 1.65. The van der Waals surface area contributed by atoms with Gasteiger partial charge in [0.05, 0.1) is 19.2 Å². The number of ether oxygens (including phenoxy) is 1. The Kier molecular flexibility index (Phi) is 6.39. The Hall–Kier alpha value is -1.77. The molecule has 0 radical (unpaired) electrons. The minimum absolute atomic E-state index is 0.0216. The Morgan fingerprint density at radius 2 is 2.04 bits per heavy atom. The number of aromatic nitrogens is 2. The van der Waals surface area contributed by atoms with Crippen molar-refractivity contribution in [2.45, 2.75) is 33.4 Å². The maximum absolute atomic E-state index is 11.8. The van der Waals surface area contributed by atoms with Crippen LogP contribution in [0, 0.1) is 16.8 Å². The molecule has 2 heterocycles. The van der Waals surface area contributed by atoms with E-state index < -0.39 is 0 Å². The highest BCUT2D eigenvalue weighted by Crippen LogP contribution is 2.23. The number of nitrogens with zero attached hydrogens (tertiary/aromatic N) is 3. The van der Waals surface area contributed by atoms with Gasteiger partial charge in [-0.3, -0.25) is 9.69 Å². The van der Waals surface area contributed by atoms with E-state index in [4.69, 9.17) is 17.0 Å². The third kappa shape index (κ3) is 4.90. The number of carbonyl (C=O) groups is 1. The second-order valence-corrected chi connectivity index (χ2v) is 8.07. The predicted molar refractivity (Wildman–Crippen MR) is 106 cm³/mol. The SMILES string of the molecule is CCOC(=O)C1CCN(Cn2nc(Nc3ccc(C)cc3)sc2=S)CC1. The number of likely N-dealkylation sites (tertiary alicyclic amines) is 1. The highest BCUT2D eigenvalue weighted by molar-refractivity contribution is 7.73. The molecule has 3 rings (SSSR count). The zero-order valence-electron chi connectivity index (χ0n) is 15.1. The summed E-state index contributed by atoms with van der Waals surface area (Å²) in [4.78, 5) is 14.1. The first kappa shape index (κ1) is 19.0. The largest absolute Gasteiger partial charge is 0.466 e. The van der Waals surface area contributed by atoms with Gasteiger partial charge in [-0.05, 0) is 51.0 Å². The van der Waals surface area contributed by atoms with Crippen LogP contribution in [0.1, 0.15) is 25.3 Å². The molecule has 1 saturated heterocycles. The van der Waals surface area contributed by atoms with Crippen LogP contribution >= 0.6 is 23.6 Å². The van der Waals surface area contributed by atoms with Crippen molar-refractivity contribution in [2.24, 2.45) is 5.92 Å². The molecule has 1 aliphatic rings. The second-order valence-electron chi connectivity index (χ2n) is 6.45. The summed E-state index contributed by atoms with van der Waals surface area (Å²) in [6.45, 7) is 6.71. The molecule has 0 saturated carbocycles. The molecular formula is C18H24N4O2S2. The lowest BCUT2D eigenvalue weighted by Gasteiger charge is -2.30. The van der Waals surface area contributed by atoms with Gasteiger partial charge in [0, 0.05) is 18.8 Å². The van der Waals surface area contributed by atoms with Crippen LogP contribution in [-0.4, -0.2) is 40.3 Å². The lowest BCUT2D eigenvalue weighted by atomic mass is 9.97. The van der Waals surface area contributed by atoms with Crippen molar-refractivity contribution in [3.8, 4) is 0 Å². The van der Waals surface area contributed by atoms with Crippen LogP contribution in [0.15, 0.2) is 24.3 Å². The number of esters is 1. The van der Waals surface area contributed by atoms with Gasteiger partial charge >= 0.3 is 5.97 Å². The van der Waals surface area contributed by atoms with Crippen molar-refractivity contribution >= 4 is 40.3 Å². The number of hydrogen-bond acceptors (Lipinski definition) is 7. The number of rotatable bonds is 6. The number of hydrogen-bond donors (Lipinski definition) is 1. The molecular weight excluding hydrogens is 368 g/mol. The molecule has 2 aromatic rings. The lowest BCUT2D eigenvalue weighted by molar-refractivity contribution is -0.149. The Labute approximate surface area is 162 Å². The molecule has 1 fully saturated rings. The molecule has 0 bridgehead atoms. The van der Waals surface area contributed by atoms with Crippen molar-refractivity contribution in [3.05, 3.63) is 33.8 Å². The molecule has 6 nitrogen and oxygen atoms in total. The van der Waals surface area contributed by atoms with E-state index in [1.54, 1.807) is 0 Å². The minimum Gasteiger partial charge on any atom is -0.466 e. The molecule has 1 N–H and O–H groups in total. The Morgan fingerprint density at radius 1 is 1.35 bits per heavy atom. The normalized spacial score (nSPS) is 15.8. The molecule has 0 amide bonds. The van der Waals surface area contributed by atoms with E-state index in [0.29, 0.717) is 13.3 Å². The van der Waals surface area contributed by atoms with Gasteiger partial charge in [-0.15, -0.1) is 5.10 Å². The van der Waals surface area contributed by atoms with Gasteiger partial charge in [0.1, 0.15) is 0 Å². The average molecular weight is 393 g/mol. The number of carbonyl (C=O) groups excluding carboxylic acids is 1. The standard InChI is InChI=1S/C18H24N4O2S2/c1-3-24-16(23)14-8-10-21(11-9-14)12-22-18(25)26-17(20-22)19-15-6-4-13(2)5-7-15/h4-7,14H,3,8-12H2,1-2H3,(H,19,20). The lowest BCUT2D eigenvalue weighted by Crippen LogP contribution is -2.38. The van der Waals surface area contributed by atoms with Crippen molar-refractivity contribution in [3.63, 3.8) is 0 Å². The summed E-state index contributed by atoms with van der Waals surface area (Å²) < 4.78 is 7.71. The topological polar surface area (TPSA) is 59.4 Å². The smallest absolute Gasteiger partial charge is 0.309 e. The van der Waals surface area contributed by atoms with Crippen molar-refractivity contribution in [2.75, 3.05) is 25.0 Å². The van der Waals surface area contributed by atoms with Gasteiger partial charge in [0.15, 0.2) is 3.95 Å². The summed E-state index contributed by atoms with van der Waals surface area (Å²) in [7, 11) is 0. The van der Waals surface area contributed by atoms with E-state index >= 15 is 0 Å². The van der Waals surface area contributed by atoms with Gasteiger partial charge in [-0.1, -0.05) is 29.0 Å². The molecule has 0 aliphatic carbocycles. The first-order valence-electron chi connectivity index (χ1n) is 8.86. The molecule has 1 aliphatic heterocycles.